The van der Waals surface area contributed by atoms with E-state index in [2.05, 4.69) is 20.8 Å². The lowest BCUT2D eigenvalue weighted by Crippen LogP contribution is -2.31. The predicted molar refractivity (Wildman–Crippen MR) is 107 cm³/mol. The molecule has 0 heterocycles. The first-order chi connectivity index (χ1) is 13.2. The Hall–Kier alpha value is -3.02. The van der Waals surface area contributed by atoms with Gasteiger partial charge >= 0.3 is 5.97 Å². The van der Waals surface area contributed by atoms with Crippen LogP contribution in [0.15, 0.2) is 48.5 Å². The van der Waals surface area contributed by atoms with Gasteiger partial charge in [0.2, 0.25) is 0 Å². The number of carbonyl (C=O) groups excluding carboxylic acids is 1. The molecule has 0 aliphatic rings. The SMILES string of the molecule is CN(Cc1ccc(OCC(=O)O)cc1)C(=O)COc1ccccc1C(C)(C)C. The molecule has 0 aliphatic heterocycles. The molecule has 0 aromatic heterocycles. The van der Waals surface area contributed by atoms with E-state index >= 15 is 0 Å². The molecule has 2 aromatic rings. The summed E-state index contributed by atoms with van der Waals surface area (Å²) in [6.45, 7) is 6.31. The average molecular weight is 385 g/mol. The quantitative estimate of drug-likeness (QED) is 0.753. The summed E-state index contributed by atoms with van der Waals surface area (Å²) >= 11 is 0. The molecular formula is C22H27NO5. The Kier molecular flexibility index (Phi) is 7.04. The van der Waals surface area contributed by atoms with E-state index < -0.39 is 5.97 Å². The standard InChI is InChI=1S/C22H27NO5/c1-22(2,3)18-7-5-6-8-19(18)28-14-20(24)23(4)13-16-9-11-17(12-10-16)27-15-21(25)26/h5-12H,13-15H2,1-4H3,(H,25,26). The first-order valence-electron chi connectivity index (χ1n) is 9.06. The number of likely N-dealkylation sites (N-methyl/N-ethyl adjacent to an activating group) is 1. The molecule has 0 atom stereocenters. The van der Waals surface area contributed by atoms with Gasteiger partial charge in [0.15, 0.2) is 13.2 Å². The van der Waals surface area contributed by atoms with Crippen LogP contribution in [-0.2, 0) is 21.5 Å². The Morgan fingerprint density at radius 1 is 0.964 bits per heavy atom. The van der Waals surface area contributed by atoms with Gasteiger partial charge in [0.1, 0.15) is 11.5 Å². The lowest BCUT2D eigenvalue weighted by atomic mass is 9.86. The normalized spacial score (nSPS) is 11.0. The minimum absolute atomic E-state index is 0.0383. The van der Waals surface area contributed by atoms with Gasteiger partial charge in [-0.15, -0.1) is 0 Å². The molecule has 2 aromatic carbocycles. The van der Waals surface area contributed by atoms with Crippen molar-refractivity contribution in [2.75, 3.05) is 20.3 Å². The molecule has 28 heavy (non-hydrogen) atoms. The number of aliphatic carboxylic acids is 1. The second-order valence-corrected chi connectivity index (χ2v) is 7.61. The number of carboxylic acids is 1. The number of nitrogens with zero attached hydrogens (tertiary/aromatic N) is 1. The molecule has 0 radical (unpaired) electrons. The zero-order valence-electron chi connectivity index (χ0n) is 16.8. The van der Waals surface area contributed by atoms with Crippen molar-refractivity contribution in [1.82, 2.24) is 4.90 Å². The van der Waals surface area contributed by atoms with Gasteiger partial charge in [0.05, 0.1) is 0 Å². The van der Waals surface area contributed by atoms with Crippen molar-refractivity contribution in [2.45, 2.75) is 32.7 Å². The van der Waals surface area contributed by atoms with Crippen LogP contribution in [0.25, 0.3) is 0 Å². The smallest absolute Gasteiger partial charge is 0.341 e. The van der Waals surface area contributed by atoms with Gasteiger partial charge in [-0.05, 0) is 34.7 Å². The maximum atomic E-state index is 12.4. The van der Waals surface area contributed by atoms with Crippen molar-refractivity contribution >= 4 is 11.9 Å². The summed E-state index contributed by atoms with van der Waals surface area (Å²) in [4.78, 5) is 24.5. The van der Waals surface area contributed by atoms with Crippen molar-refractivity contribution < 1.29 is 24.2 Å². The van der Waals surface area contributed by atoms with Crippen molar-refractivity contribution in [1.29, 1.82) is 0 Å². The van der Waals surface area contributed by atoms with Crippen molar-refractivity contribution in [2.24, 2.45) is 0 Å². The molecule has 0 saturated heterocycles. The summed E-state index contributed by atoms with van der Waals surface area (Å²) in [5, 5.41) is 8.62. The van der Waals surface area contributed by atoms with Crippen LogP contribution >= 0.6 is 0 Å². The summed E-state index contributed by atoms with van der Waals surface area (Å²) in [5.74, 6) is 0.0382. The highest BCUT2D eigenvalue weighted by Crippen LogP contribution is 2.30. The number of carboxylic acid groups (broad SMARTS) is 1. The molecule has 0 fully saturated rings. The second-order valence-electron chi connectivity index (χ2n) is 7.61. The van der Waals surface area contributed by atoms with Gasteiger partial charge in [0, 0.05) is 13.6 Å². The Morgan fingerprint density at radius 3 is 2.21 bits per heavy atom. The summed E-state index contributed by atoms with van der Waals surface area (Å²) < 4.78 is 10.9. The van der Waals surface area contributed by atoms with E-state index in [0.29, 0.717) is 12.3 Å². The number of ether oxygens (including phenoxy) is 2. The number of para-hydroxylation sites is 1. The number of hydrogen-bond donors (Lipinski definition) is 1. The van der Waals surface area contributed by atoms with Gasteiger partial charge in [-0.25, -0.2) is 4.79 Å². The third-order valence-electron chi connectivity index (χ3n) is 4.18. The molecule has 0 saturated carbocycles. The molecule has 1 amide bonds. The number of hydrogen-bond acceptors (Lipinski definition) is 4. The third kappa shape index (κ3) is 6.30. The van der Waals surface area contributed by atoms with E-state index in [4.69, 9.17) is 14.6 Å². The molecular weight excluding hydrogens is 358 g/mol. The fourth-order valence-corrected chi connectivity index (χ4v) is 2.66. The van der Waals surface area contributed by atoms with Gasteiger partial charge in [-0.2, -0.15) is 0 Å². The van der Waals surface area contributed by atoms with E-state index in [1.807, 2.05) is 24.3 Å². The Bertz CT molecular complexity index is 808. The predicted octanol–water partition coefficient (Wildman–Crippen LogP) is 3.48. The molecule has 0 spiro atoms. The summed E-state index contributed by atoms with van der Waals surface area (Å²) in [5.41, 5.74) is 1.90. The average Bonchev–Trinajstić information content (AvgIpc) is 2.65. The van der Waals surface area contributed by atoms with E-state index in [-0.39, 0.29) is 24.5 Å². The highest BCUT2D eigenvalue weighted by molar-refractivity contribution is 5.77. The minimum atomic E-state index is -1.03. The monoisotopic (exact) mass is 385 g/mol. The van der Waals surface area contributed by atoms with Crippen LogP contribution in [-0.4, -0.2) is 42.1 Å². The first-order valence-corrected chi connectivity index (χ1v) is 9.06. The Morgan fingerprint density at radius 2 is 1.61 bits per heavy atom. The number of benzene rings is 2. The second kappa shape index (κ2) is 9.26. The van der Waals surface area contributed by atoms with Crippen molar-refractivity contribution in [3.05, 3.63) is 59.7 Å². The molecule has 2 rings (SSSR count). The van der Waals surface area contributed by atoms with Crippen LogP contribution in [0.4, 0.5) is 0 Å². The summed E-state index contributed by atoms with van der Waals surface area (Å²) in [6.07, 6.45) is 0. The fraction of sp³-hybridized carbons (Fsp3) is 0.364. The van der Waals surface area contributed by atoms with Crippen molar-refractivity contribution in [3.63, 3.8) is 0 Å². The van der Waals surface area contributed by atoms with E-state index in [1.54, 1.807) is 36.2 Å². The maximum absolute atomic E-state index is 12.4. The van der Waals surface area contributed by atoms with Crippen LogP contribution in [0.5, 0.6) is 11.5 Å². The highest BCUT2D eigenvalue weighted by Gasteiger charge is 2.19. The third-order valence-corrected chi connectivity index (χ3v) is 4.18. The largest absolute Gasteiger partial charge is 0.483 e. The van der Waals surface area contributed by atoms with Crippen LogP contribution in [0.3, 0.4) is 0 Å². The molecule has 6 nitrogen and oxygen atoms in total. The zero-order valence-corrected chi connectivity index (χ0v) is 16.8. The lowest BCUT2D eigenvalue weighted by molar-refractivity contribution is -0.139. The number of amides is 1. The molecule has 0 bridgehead atoms. The van der Waals surface area contributed by atoms with E-state index in [1.165, 1.54) is 0 Å². The molecule has 1 N–H and O–H groups in total. The molecule has 0 unspecified atom stereocenters. The van der Waals surface area contributed by atoms with Crippen LogP contribution in [0.1, 0.15) is 31.9 Å². The van der Waals surface area contributed by atoms with Crippen LogP contribution < -0.4 is 9.47 Å². The van der Waals surface area contributed by atoms with Gasteiger partial charge in [-0.3, -0.25) is 4.79 Å². The first kappa shape index (κ1) is 21.3. The Balaban J connectivity index is 1.91. The highest BCUT2D eigenvalue weighted by atomic mass is 16.5. The minimum Gasteiger partial charge on any atom is -0.483 e. The zero-order chi connectivity index (χ0) is 20.7. The van der Waals surface area contributed by atoms with E-state index in [0.717, 1.165) is 16.9 Å². The van der Waals surface area contributed by atoms with Crippen LogP contribution in [0.2, 0.25) is 0 Å². The summed E-state index contributed by atoms with van der Waals surface area (Å²) in [6, 6.07) is 14.7. The number of carbonyl (C=O) groups is 2. The lowest BCUT2D eigenvalue weighted by Gasteiger charge is -2.23. The Labute approximate surface area is 165 Å². The fourth-order valence-electron chi connectivity index (χ4n) is 2.66. The van der Waals surface area contributed by atoms with Gasteiger partial charge < -0.3 is 19.5 Å². The van der Waals surface area contributed by atoms with Gasteiger partial charge in [0.25, 0.3) is 5.91 Å². The van der Waals surface area contributed by atoms with Gasteiger partial charge in [-0.1, -0.05) is 51.1 Å². The summed E-state index contributed by atoms with van der Waals surface area (Å²) in [7, 11) is 1.72. The van der Waals surface area contributed by atoms with E-state index in [9.17, 15) is 9.59 Å². The number of rotatable bonds is 8. The molecule has 0 aliphatic carbocycles. The maximum Gasteiger partial charge on any atom is 0.341 e. The molecule has 6 heteroatoms. The van der Waals surface area contributed by atoms with Crippen molar-refractivity contribution in [3.8, 4) is 11.5 Å². The molecule has 150 valence electrons. The van der Waals surface area contributed by atoms with Crippen LogP contribution in [0, 0.1) is 0 Å². The topological polar surface area (TPSA) is 76.1 Å².